The van der Waals surface area contributed by atoms with Gasteiger partial charge in [0.15, 0.2) is 0 Å². The van der Waals surface area contributed by atoms with Gasteiger partial charge in [-0.25, -0.2) is 0 Å². The van der Waals surface area contributed by atoms with Gasteiger partial charge in [-0.05, 0) is 19.1 Å². The molecule has 0 spiro atoms. The summed E-state index contributed by atoms with van der Waals surface area (Å²) in [6, 6.07) is 4.32. The lowest BCUT2D eigenvalue weighted by Gasteiger charge is -2.02. The van der Waals surface area contributed by atoms with Crippen LogP contribution in [0.2, 0.25) is 0 Å². The second kappa shape index (κ2) is 6.61. The van der Waals surface area contributed by atoms with Gasteiger partial charge in [-0.3, -0.25) is 0 Å². The molecule has 0 aromatic carbocycles. The van der Waals surface area contributed by atoms with Crippen molar-refractivity contribution in [1.29, 1.82) is 0 Å². The van der Waals surface area contributed by atoms with Gasteiger partial charge in [0, 0.05) is 29.4 Å². The summed E-state index contributed by atoms with van der Waals surface area (Å²) in [5, 5.41) is 6.48. The third-order valence-corrected chi connectivity index (χ3v) is 2.80. The van der Waals surface area contributed by atoms with E-state index in [1.54, 1.807) is 0 Å². The molecule has 0 aliphatic heterocycles. The first-order valence-electron chi connectivity index (χ1n) is 4.73. The van der Waals surface area contributed by atoms with Gasteiger partial charge in [-0.2, -0.15) is 0 Å². The summed E-state index contributed by atoms with van der Waals surface area (Å²) in [5.74, 6) is 2.54. The van der Waals surface area contributed by atoms with Gasteiger partial charge in [-0.1, -0.05) is 5.92 Å². The molecule has 14 heavy (non-hydrogen) atoms. The Morgan fingerprint density at radius 1 is 1.36 bits per heavy atom. The molecule has 0 fully saturated rings. The number of rotatable bonds is 6. The fraction of sp³-hybridized carbons (Fsp3) is 0.455. The van der Waals surface area contributed by atoms with Crippen molar-refractivity contribution >= 4 is 11.3 Å². The molecular formula is C11H16N2S. The Hall–Kier alpha value is -0.820. The zero-order valence-electron chi connectivity index (χ0n) is 8.47. The molecule has 1 aromatic rings. The fourth-order valence-electron chi connectivity index (χ4n) is 1.13. The highest BCUT2D eigenvalue weighted by Gasteiger charge is 1.94. The van der Waals surface area contributed by atoms with Crippen LogP contribution < -0.4 is 10.6 Å². The maximum absolute atomic E-state index is 5.11. The number of hydrogen-bond donors (Lipinski definition) is 2. The molecule has 0 amide bonds. The van der Waals surface area contributed by atoms with E-state index in [9.17, 15) is 0 Å². The number of terminal acetylenes is 1. The first-order chi connectivity index (χ1) is 6.83. The Morgan fingerprint density at radius 2 is 2.14 bits per heavy atom. The molecule has 2 N–H and O–H groups in total. The third-order valence-electron chi connectivity index (χ3n) is 1.80. The summed E-state index contributed by atoms with van der Waals surface area (Å²) in [7, 11) is 0. The number of thiophene rings is 1. The highest BCUT2D eigenvalue weighted by molar-refractivity contribution is 7.11. The highest BCUT2D eigenvalue weighted by atomic mass is 32.1. The fourth-order valence-corrected chi connectivity index (χ4v) is 1.99. The van der Waals surface area contributed by atoms with Gasteiger partial charge in [0.25, 0.3) is 0 Å². The molecule has 0 unspecified atom stereocenters. The van der Waals surface area contributed by atoms with Gasteiger partial charge in [0.2, 0.25) is 0 Å². The SMILES string of the molecule is C#CCNCCNCc1ccc(C)s1. The Labute approximate surface area is 89.7 Å². The van der Waals surface area contributed by atoms with E-state index in [1.165, 1.54) is 9.75 Å². The summed E-state index contributed by atoms with van der Waals surface area (Å²) in [5.41, 5.74) is 0. The summed E-state index contributed by atoms with van der Waals surface area (Å²) < 4.78 is 0. The molecule has 0 radical (unpaired) electrons. The predicted molar refractivity (Wildman–Crippen MR) is 62.5 cm³/mol. The average Bonchev–Trinajstić information content (AvgIpc) is 2.58. The zero-order chi connectivity index (χ0) is 10.2. The number of aryl methyl sites for hydroxylation is 1. The van der Waals surface area contributed by atoms with Crippen molar-refractivity contribution in [3.63, 3.8) is 0 Å². The molecule has 0 saturated carbocycles. The molecule has 1 heterocycles. The second-order valence-corrected chi connectivity index (χ2v) is 4.44. The van der Waals surface area contributed by atoms with Gasteiger partial charge >= 0.3 is 0 Å². The highest BCUT2D eigenvalue weighted by Crippen LogP contribution is 2.13. The second-order valence-electron chi connectivity index (χ2n) is 3.07. The van der Waals surface area contributed by atoms with Crippen LogP contribution >= 0.6 is 11.3 Å². The minimum Gasteiger partial charge on any atom is -0.311 e. The summed E-state index contributed by atoms with van der Waals surface area (Å²) in [4.78, 5) is 2.76. The van der Waals surface area contributed by atoms with Crippen LogP contribution in [-0.4, -0.2) is 19.6 Å². The standard InChI is InChI=1S/C11H16N2S/c1-3-6-12-7-8-13-9-11-5-4-10(2)14-11/h1,4-5,12-13H,6-9H2,2H3. The monoisotopic (exact) mass is 208 g/mol. The van der Waals surface area contributed by atoms with Gasteiger partial charge in [0.05, 0.1) is 6.54 Å². The van der Waals surface area contributed by atoms with E-state index in [0.29, 0.717) is 6.54 Å². The quantitative estimate of drug-likeness (QED) is 0.545. The van der Waals surface area contributed by atoms with Crippen LogP contribution in [0.25, 0.3) is 0 Å². The van der Waals surface area contributed by atoms with Crippen LogP contribution in [0.3, 0.4) is 0 Å². The molecule has 76 valence electrons. The summed E-state index contributed by atoms with van der Waals surface area (Å²) >= 11 is 1.84. The van der Waals surface area contributed by atoms with E-state index in [-0.39, 0.29) is 0 Å². The largest absolute Gasteiger partial charge is 0.311 e. The van der Waals surface area contributed by atoms with E-state index in [4.69, 9.17) is 6.42 Å². The van der Waals surface area contributed by atoms with Crippen LogP contribution in [0.5, 0.6) is 0 Å². The van der Waals surface area contributed by atoms with Crippen molar-refractivity contribution in [3.05, 3.63) is 21.9 Å². The van der Waals surface area contributed by atoms with Crippen LogP contribution in [-0.2, 0) is 6.54 Å². The Bertz CT molecular complexity index is 298. The lowest BCUT2D eigenvalue weighted by Crippen LogP contribution is -2.26. The van der Waals surface area contributed by atoms with Gasteiger partial charge in [-0.15, -0.1) is 17.8 Å². The summed E-state index contributed by atoms with van der Waals surface area (Å²) in [6.45, 7) is 5.62. The predicted octanol–water partition coefficient (Wildman–Crippen LogP) is 1.37. The van der Waals surface area contributed by atoms with Crippen molar-refractivity contribution < 1.29 is 0 Å². The lowest BCUT2D eigenvalue weighted by atomic mass is 10.4. The van der Waals surface area contributed by atoms with Gasteiger partial charge < -0.3 is 10.6 Å². The van der Waals surface area contributed by atoms with Crippen LogP contribution in [0, 0.1) is 19.3 Å². The molecular weight excluding hydrogens is 192 g/mol. The molecule has 2 nitrogen and oxygen atoms in total. The van der Waals surface area contributed by atoms with Crippen LogP contribution in [0.15, 0.2) is 12.1 Å². The maximum Gasteiger partial charge on any atom is 0.0574 e. The molecule has 0 bridgehead atoms. The minimum absolute atomic E-state index is 0.653. The van der Waals surface area contributed by atoms with E-state index < -0.39 is 0 Å². The van der Waals surface area contributed by atoms with Crippen LogP contribution in [0.1, 0.15) is 9.75 Å². The minimum atomic E-state index is 0.653. The van der Waals surface area contributed by atoms with Crippen molar-refractivity contribution in [2.45, 2.75) is 13.5 Å². The van der Waals surface area contributed by atoms with Crippen molar-refractivity contribution in [2.75, 3.05) is 19.6 Å². The number of nitrogens with one attached hydrogen (secondary N) is 2. The molecule has 1 rings (SSSR count). The van der Waals surface area contributed by atoms with Crippen molar-refractivity contribution in [1.82, 2.24) is 10.6 Å². The van der Waals surface area contributed by atoms with E-state index in [2.05, 4.69) is 35.6 Å². The average molecular weight is 208 g/mol. The van der Waals surface area contributed by atoms with E-state index in [0.717, 1.165) is 19.6 Å². The molecule has 1 aromatic heterocycles. The number of hydrogen-bond acceptors (Lipinski definition) is 3. The van der Waals surface area contributed by atoms with Crippen molar-refractivity contribution in [3.8, 4) is 12.3 Å². The Balaban J connectivity index is 2.02. The maximum atomic E-state index is 5.11. The lowest BCUT2D eigenvalue weighted by molar-refractivity contribution is 0.642. The zero-order valence-corrected chi connectivity index (χ0v) is 9.29. The molecule has 0 aliphatic rings. The summed E-state index contributed by atoms with van der Waals surface area (Å²) in [6.07, 6.45) is 5.11. The molecule has 0 atom stereocenters. The first-order valence-corrected chi connectivity index (χ1v) is 5.55. The van der Waals surface area contributed by atoms with Crippen molar-refractivity contribution in [2.24, 2.45) is 0 Å². The Morgan fingerprint density at radius 3 is 2.79 bits per heavy atom. The topological polar surface area (TPSA) is 24.1 Å². The Kier molecular flexibility index (Phi) is 5.31. The molecule has 3 heteroatoms. The smallest absolute Gasteiger partial charge is 0.0574 e. The third kappa shape index (κ3) is 4.43. The van der Waals surface area contributed by atoms with Gasteiger partial charge in [0.1, 0.15) is 0 Å². The molecule has 0 aliphatic carbocycles. The normalized spacial score (nSPS) is 10.0. The van der Waals surface area contributed by atoms with E-state index in [1.807, 2.05) is 11.3 Å². The first kappa shape index (κ1) is 11.3. The molecule has 0 saturated heterocycles. The van der Waals surface area contributed by atoms with Crippen LogP contribution in [0.4, 0.5) is 0 Å². The van der Waals surface area contributed by atoms with E-state index >= 15 is 0 Å².